The van der Waals surface area contributed by atoms with Gasteiger partial charge in [-0.25, -0.2) is 0 Å². The molecule has 0 fully saturated rings. The maximum absolute atomic E-state index is 11.9. The number of rotatable bonds is 3. The molecule has 0 saturated heterocycles. The van der Waals surface area contributed by atoms with Crippen LogP contribution in [-0.2, 0) is 0 Å². The lowest BCUT2D eigenvalue weighted by Crippen LogP contribution is -2.23. The third kappa shape index (κ3) is 4.54. The highest BCUT2D eigenvalue weighted by molar-refractivity contribution is 6.30. The first-order valence-electron chi connectivity index (χ1n) is 6.86. The second kappa shape index (κ2) is 7.53. The lowest BCUT2D eigenvalue weighted by atomic mass is 10.2. The van der Waals surface area contributed by atoms with E-state index < -0.39 is 0 Å². The van der Waals surface area contributed by atoms with E-state index in [9.17, 15) is 4.79 Å². The Morgan fingerprint density at radius 1 is 1.09 bits per heavy atom. The first-order chi connectivity index (χ1) is 10.6. The minimum Gasteiger partial charge on any atom is -0.378 e. The van der Waals surface area contributed by atoms with Crippen molar-refractivity contribution < 1.29 is 4.79 Å². The van der Waals surface area contributed by atoms with Gasteiger partial charge in [0, 0.05) is 35.9 Å². The third-order valence-electron chi connectivity index (χ3n) is 3.06. The van der Waals surface area contributed by atoms with Gasteiger partial charge in [0.1, 0.15) is 0 Å². The van der Waals surface area contributed by atoms with Gasteiger partial charge >= 0.3 is 0 Å². The molecule has 0 heterocycles. The Kier molecular flexibility index (Phi) is 5.46. The Labute approximate surface area is 135 Å². The number of anilines is 1. The Hall–Kier alpha value is -2.44. The first-order valence-corrected chi connectivity index (χ1v) is 7.24. The zero-order valence-corrected chi connectivity index (χ0v) is 13.3. The molecule has 2 aromatic rings. The number of carbonyl (C=O) groups excluding carboxylic acids is 1. The third-order valence-corrected chi connectivity index (χ3v) is 3.31. The fraction of sp³-hybridized carbons (Fsp3) is 0.167. The summed E-state index contributed by atoms with van der Waals surface area (Å²) in [5, 5.41) is 3.36. The summed E-state index contributed by atoms with van der Waals surface area (Å²) < 4.78 is 0. The molecule has 0 unspecified atom stereocenters. The quantitative estimate of drug-likeness (QED) is 0.883. The molecule has 0 radical (unpaired) electrons. The number of hydrogen-bond acceptors (Lipinski definition) is 2. The van der Waals surface area contributed by atoms with Crippen LogP contribution in [0.25, 0.3) is 0 Å². The molecular weight excluding hydrogens is 296 g/mol. The summed E-state index contributed by atoms with van der Waals surface area (Å²) in [6.45, 7) is 0.302. The smallest absolute Gasteiger partial charge is 0.252 e. The molecular formula is C18H17ClN2O. The fourth-order valence-electron chi connectivity index (χ4n) is 1.82. The van der Waals surface area contributed by atoms with E-state index in [-0.39, 0.29) is 5.91 Å². The number of carbonyl (C=O) groups is 1. The highest BCUT2D eigenvalue weighted by atomic mass is 35.5. The van der Waals surface area contributed by atoms with Crippen molar-refractivity contribution in [2.45, 2.75) is 0 Å². The zero-order valence-electron chi connectivity index (χ0n) is 12.6. The highest BCUT2D eigenvalue weighted by Crippen LogP contribution is 2.11. The number of nitrogens with zero attached hydrogens (tertiary/aromatic N) is 1. The van der Waals surface area contributed by atoms with Gasteiger partial charge in [0.2, 0.25) is 0 Å². The monoisotopic (exact) mass is 312 g/mol. The number of halogens is 1. The molecule has 3 nitrogen and oxygen atoms in total. The lowest BCUT2D eigenvalue weighted by molar-refractivity contribution is 0.0958. The van der Waals surface area contributed by atoms with E-state index in [4.69, 9.17) is 11.6 Å². The van der Waals surface area contributed by atoms with E-state index in [1.165, 1.54) is 0 Å². The van der Waals surface area contributed by atoms with E-state index >= 15 is 0 Å². The Bertz CT molecular complexity index is 695. The molecule has 112 valence electrons. The Morgan fingerprint density at radius 3 is 2.32 bits per heavy atom. The molecule has 0 spiro atoms. The summed E-state index contributed by atoms with van der Waals surface area (Å²) in [4.78, 5) is 13.9. The van der Waals surface area contributed by atoms with Crippen LogP contribution in [0.3, 0.4) is 0 Å². The van der Waals surface area contributed by atoms with Crippen molar-refractivity contribution in [1.29, 1.82) is 0 Å². The van der Waals surface area contributed by atoms with Gasteiger partial charge in [-0.05, 0) is 48.5 Å². The van der Waals surface area contributed by atoms with Crippen LogP contribution >= 0.6 is 11.6 Å². The maximum Gasteiger partial charge on any atom is 0.252 e. The fourth-order valence-corrected chi connectivity index (χ4v) is 1.94. The summed E-state index contributed by atoms with van der Waals surface area (Å²) in [5.41, 5.74) is 2.62. The molecule has 22 heavy (non-hydrogen) atoms. The van der Waals surface area contributed by atoms with E-state index in [0.29, 0.717) is 17.1 Å². The molecule has 1 amide bonds. The van der Waals surface area contributed by atoms with Gasteiger partial charge in [-0.15, -0.1) is 0 Å². The SMILES string of the molecule is CN(C)c1ccc(C#CCNC(=O)c2ccc(Cl)cc2)cc1. The highest BCUT2D eigenvalue weighted by Gasteiger charge is 2.02. The van der Waals surface area contributed by atoms with E-state index in [2.05, 4.69) is 17.2 Å². The van der Waals surface area contributed by atoms with Crippen molar-refractivity contribution in [1.82, 2.24) is 5.32 Å². The van der Waals surface area contributed by atoms with E-state index in [0.717, 1.165) is 11.3 Å². The minimum atomic E-state index is -0.158. The Morgan fingerprint density at radius 2 is 1.73 bits per heavy atom. The number of hydrogen-bond donors (Lipinski definition) is 1. The van der Waals surface area contributed by atoms with E-state index in [1.54, 1.807) is 24.3 Å². The average Bonchev–Trinajstić information content (AvgIpc) is 2.52. The normalized spacial score (nSPS) is 9.59. The molecule has 0 bridgehead atoms. The second-order valence-corrected chi connectivity index (χ2v) is 5.37. The van der Waals surface area contributed by atoms with Crippen molar-refractivity contribution in [2.75, 3.05) is 25.5 Å². The van der Waals surface area contributed by atoms with Crippen LogP contribution in [0.15, 0.2) is 48.5 Å². The van der Waals surface area contributed by atoms with Crippen LogP contribution in [0.1, 0.15) is 15.9 Å². The van der Waals surface area contributed by atoms with E-state index in [1.807, 2.05) is 43.3 Å². The van der Waals surface area contributed by atoms with Gasteiger partial charge in [0.25, 0.3) is 5.91 Å². The lowest BCUT2D eigenvalue weighted by Gasteiger charge is -2.11. The number of nitrogens with one attached hydrogen (secondary N) is 1. The Balaban J connectivity index is 1.88. The van der Waals surface area contributed by atoms with Gasteiger partial charge < -0.3 is 10.2 Å². The molecule has 0 aliphatic heterocycles. The van der Waals surface area contributed by atoms with Crippen LogP contribution in [0, 0.1) is 11.8 Å². The molecule has 0 aromatic heterocycles. The predicted octanol–water partition coefficient (Wildman–Crippen LogP) is 3.19. The summed E-state index contributed by atoms with van der Waals surface area (Å²) >= 11 is 5.78. The van der Waals surface area contributed by atoms with Crippen LogP contribution in [-0.4, -0.2) is 26.5 Å². The molecule has 2 rings (SSSR count). The topological polar surface area (TPSA) is 32.3 Å². The molecule has 0 atom stereocenters. The zero-order chi connectivity index (χ0) is 15.9. The summed E-state index contributed by atoms with van der Waals surface area (Å²) in [6.07, 6.45) is 0. The van der Waals surface area contributed by atoms with Crippen LogP contribution in [0.2, 0.25) is 5.02 Å². The summed E-state index contributed by atoms with van der Waals surface area (Å²) in [7, 11) is 3.99. The van der Waals surface area contributed by atoms with Crippen LogP contribution in [0.5, 0.6) is 0 Å². The standard InChI is InChI=1S/C18H17ClN2O/c1-21(2)17-11-5-14(6-12-17)4-3-13-20-18(22)15-7-9-16(19)10-8-15/h5-12H,13H2,1-2H3,(H,20,22). The summed E-state index contributed by atoms with van der Waals surface area (Å²) in [5.74, 6) is 5.80. The van der Waals surface area contributed by atoms with Crippen LogP contribution in [0.4, 0.5) is 5.69 Å². The molecule has 2 aromatic carbocycles. The average molecular weight is 313 g/mol. The number of amides is 1. The maximum atomic E-state index is 11.9. The molecule has 0 aliphatic carbocycles. The van der Waals surface area contributed by atoms with Gasteiger partial charge in [0.05, 0.1) is 6.54 Å². The largest absolute Gasteiger partial charge is 0.378 e. The van der Waals surface area contributed by atoms with Crippen LogP contribution < -0.4 is 10.2 Å². The minimum absolute atomic E-state index is 0.158. The molecule has 0 aliphatic rings. The molecule has 4 heteroatoms. The first kappa shape index (κ1) is 15.9. The van der Waals surface area contributed by atoms with Crippen molar-refractivity contribution >= 4 is 23.2 Å². The van der Waals surface area contributed by atoms with Crippen molar-refractivity contribution in [3.05, 3.63) is 64.7 Å². The van der Waals surface area contributed by atoms with Crippen molar-refractivity contribution in [3.63, 3.8) is 0 Å². The second-order valence-electron chi connectivity index (χ2n) is 4.93. The van der Waals surface area contributed by atoms with Gasteiger partial charge in [-0.1, -0.05) is 23.4 Å². The molecule has 0 saturated carbocycles. The van der Waals surface area contributed by atoms with Crippen molar-refractivity contribution in [2.24, 2.45) is 0 Å². The molecule has 1 N–H and O–H groups in total. The van der Waals surface area contributed by atoms with Crippen molar-refractivity contribution in [3.8, 4) is 11.8 Å². The number of benzene rings is 2. The van der Waals surface area contributed by atoms with Gasteiger partial charge in [-0.2, -0.15) is 0 Å². The summed E-state index contributed by atoms with van der Waals surface area (Å²) in [6, 6.07) is 14.7. The van der Waals surface area contributed by atoms with Gasteiger partial charge in [-0.3, -0.25) is 4.79 Å². The predicted molar refractivity (Wildman–Crippen MR) is 91.4 cm³/mol. The van der Waals surface area contributed by atoms with Gasteiger partial charge in [0.15, 0.2) is 0 Å².